The van der Waals surface area contributed by atoms with Crippen molar-refractivity contribution in [2.24, 2.45) is 0 Å². The van der Waals surface area contributed by atoms with Gasteiger partial charge in [-0.25, -0.2) is 9.78 Å². The number of aryl methyl sites for hydroxylation is 3. The number of carbonyl (C=O) groups is 2. The van der Waals surface area contributed by atoms with Gasteiger partial charge < -0.3 is 10.1 Å². The topological polar surface area (TPSA) is 68.3 Å². The third-order valence-electron chi connectivity index (χ3n) is 7.05. The Hall–Kier alpha value is -3.51. The molecular formula is C30H30N2O3S. The van der Waals surface area contributed by atoms with Gasteiger partial charge in [-0.15, -0.1) is 11.3 Å². The van der Waals surface area contributed by atoms with Crippen molar-refractivity contribution >= 4 is 39.1 Å². The second-order valence-corrected chi connectivity index (χ2v) is 10.5. The number of para-hydroxylation sites is 1. The Labute approximate surface area is 215 Å². The molecule has 0 radical (unpaired) electrons. The first-order valence-corrected chi connectivity index (χ1v) is 13.3. The molecule has 2 heterocycles. The predicted octanol–water partition coefficient (Wildman–Crippen LogP) is 7.28. The number of carbonyl (C=O) groups excluding carboxylic acids is 2. The standard InChI is InChI=1S/C30H30N2O3S/c1-18-14-15-20(16-19(18)2)25-17-23(21-10-8-9-12-24(21)31-25)28(33)32-29-27(30(34)35-3)22-11-6-4-5-7-13-26(22)36-29/h8-10,12,14-17H,4-7,11,13H2,1-3H3,(H,32,33). The molecule has 5 nitrogen and oxygen atoms in total. The highest BCUT2D eigenvalue weighted by Crippen LogP contribution is 2.38. The lowest BCUT2D eigenvalue weighted by Gasteiger charge is -2.12. The average Bonchev–Trinajstić information content (AvgIpc) is 3.19. The van der Waals surface area contributed by atoms with Gasteiger partial charge in [0.25, 0.3) is 5.91 Å². The molecule has 1 amide bonds. The Kier molecular flexibility index (Phi) is 6.88. The number of aromatic nitrogens is 1. The first-order valence-electron chi connectivity index (χ1n) is 12.5. The highest BCUT2D eigenvalue weighted by molar-refractivity contribution is 7.17. The summed E-state index contributed by atoms with van der Waals surface area (Å²) in [5, 5.41) is 4.43. The molecule has 1 aliphatic rings. The number of hydrogen-bond acceptors (Lipinski definition) is 5. The quantitative estimate of drug-likeness (QED) is 0.300. The highest BCUT2D eigenvalue weighted by atomic mass is 32.1. The summed E-state index contributed by atoms with van der Waals surface area (Å²) in [6, 6.07) is 15.7. The Morgan fingerprint density at radius 1 is 0.944 bits per heavy atom. The van der Waals surface area contributed by atoms with Crippen LogP contribution in [0.5, 0.6) is 0 Å². The number of amides is 1. The summed E-state index contributed by atoms with van der Waals surface area (Å²) in [7, 11) is 1.40. The van der Waals surface area contributed by atoms with E-state index in [-0.39, 0.29) is 5.91 Å². The van der Waals surface area contributed by atoms with E-state index in [0.29, 0.717) is 16.1 Å². The minimum absolute atomic E-state index is 0.252. The van der Waals surface area contributed by atoms with Crippen LogP contribution in [0.2, 0.25) is 0 Å². The zero-order valence-electron chi connectivity index (χ0n) is 20.9. The molecule has 0 saturated carbocycles. The van der Waals surface area contributed by atoms with Crippen LogP contribution in [-0.2, 0) is 17.6 Å². The lowest BCUT2D eigenvalue weighted by atomic mass is 9.96. The summed E-state index contributed by atoms with van der Waals surface area (Å²) < 4.78 is 5.14. The van der Waals surface area contributed by atoms with E-state index in [4.69, 9.17) is 9.72 Å². The van der Waals surface area contributed by atoms with Crippen LogP contribution < -0.4 is 5.32 Å². The van der Waals surface area contributed by atoms with Crippen molar-refractivity contribution in [3.8, 4) is 11.3 Å². The van der Waals surface area contributed by atoms with E-state index < -0.39 is 5.97 Å². The number of anilines is 1. The molecule has 0 saturated heterocycles. The van der Waals surface area contributed by atoms with Crippen molar-refractivity contribution in [2.45, 2.75) is 52.4 Å². The van der Waals surface area contributed by atoms with Gasteiger partial charge in [0.05, 0.1) is 29.4 Å². The first kappa shape index (κ1) is 24.2. The molecule has 1 N–H and O–H groups in total. The van der Waals surface area contributed by atoms with Gasteiger partial charge in [-0.05, 0) is 74.4 Å². The zero-order valence-corrected chi connectivity index (χ0v) is 21.8. The molecule has 6 heteroatoms. The average molecular weight is 499 g/mol. The number of thiophene rings is 1. The van der Waals surface area contributed by atoms with Crippen molar-refractivity contribution < 1.29 is 14.3 Å². The predicted molar refractivity (Wildman–Crippen MR) is 146 cm³/mol. The number of ether oxygens (including phenoxy) is 1. The maximum atomic E-state index is 13.8. The van der Waals surface area contributed by atoms with Gasteiger partial charge in [0.2, 0.25) is 0 Å². The minimum Gasteiger partial charge on any atom is -0.465 e. The number of nitrogens with one attached hydrogen (secondary N) is 1. The summed E-state index contributed by atoms with van der Waals surface area (Å²) in [4.78, 5) is 32.6. The van der Waals surface area contributed by atoms with Crippen LogP contribution in [0.4, 0.5) is 5.00 Å². The van der Waals surface area contributed by atoms with Crippen molar-refractivity contribution in [3.05, 3.63) is 81.2 Å². The van der Waals surface area contributed by atoms with Crippen LogP contribution in [0.3, 0.4) is 0 Å². The van der Waals surface area contributed by atoms with Crippen LogP contribution in [0, 0.1) is 13.8 Å². The van der Waals surface area contributed by atoms with Crippen LogP contribution >= 0.6 is 11.3 Å². The summed E-state index contributed by atoms with van der Waals surface area (Å²) in [5.74, 6) is -0.642. The number of benzene rings is 2. The number of esters is 1. The van der Waals surface area contributed by atoms with Crippen LogP contribution in [0.1, 0.15) is 68.0 Å². The molecule has 0 fully saturated rings. The molecule has 1 aliphatic carbocycles. The second-order valence-electron chi connectivity index (χ2n) is 9.44. The first-order chi connectivity index (χ1) is 17.5. The van der Waals surface area contributed by atoms with Crippen LogP contribution in [-0.4, -0.2) is 24.0 Å². The molecule has 0 bridgehead atoms. The van der Waals surface area contributed by atoms with E-state index in [1.807, 2.05) is 36.4 Å². The van der Waals surface area contributed by atoms with E-state index in [1.54, 1.807) is 0 Å². The molecule has 0 spiro atoms. The smallest absolute Gasteiger partial charge is 0.341 e. The van der Waals surface area contributed by atoms with Gasteiger partial charge >= 0.3 is 5.97 Å². The van der Waals surface area contributed by atoms with E-state index >= 15 is 0 Å². The Morgan fingerprint density at radius 2 is 1.72 bits per heavy atom. The normalized spacial score (nSPS) is 13.5. The van der Waals surface area contributed by atoms with Crippen molar-refractivity contribution in [1.82, 2.24) is 4.98 Å². The van der Waals surface area contributed by atoms with Gasteiger partial charge in [-0.2, -0.15) is 0 Å². The third-order valence-corrected chi connectivity index (χ3v) is 8.26. The summed E-state index contributed by atoms with van der Waals surface area (Å²) in [6.45, 7) is 4.15. The molecule has 0 aliphatic heterocycles. The monoisotopic (exact) mass is 498 g/mol. The lowest BCUT2D eigenvalue weighted by Crippen LogP contribution is -2.15. The highest BCUT2D eigenvalue weighted by Gasteiger charge is 2.26. The van der Waals surface area contributed by atoms with Gasteiger partial charge in [-0.1, -0.05) is 43.2 Å². The molecule has 5 rings (SSSR count). The minimum atomic E-state index is -0.390. The molecular weight excluding hydrogens is 468 g/mol. The second kappa shape index (κ2) is 10.2. The van der Waals surface area contributed by atoms with Crippen LogP contribution in [0.25, 0.3) is 22.2 Å². The number of fused-ring (bicyclic) bond motifs is 2. The Bertz CT molecular complexity index is 1470. The SMILES string of the molecule is COC(=O)c1c(NC(=O)c2cc(-c3ccc(C)c(C)c3)nc3ccccc23)sc2c1CCCCCC2. The van der Waals surface area contributed by atoms with E-state index in [0.717, 1.165) is 59.8 Å². The molecule has 0 unspecified atom stereocenters. The molecule has 2 aromatic heterocycles. The third kappa shape index (κ3) is 4.65. The fraction of sp³-hybridized carbons (Fsp3) is 0.300. The van der Waals surface area contributed by atoms with Gasteiger partial charge in [-0.3, -0.25) is 4.79 Å². The van der Waals surface area contributed by atoms with Crippen LogP contribution in [0.15, 0.2) is 48.5 Å². The Balaban J connectivity index is 1.59. The molecule has 36 heavy (non-hydrogen) atoms. The number of rotatable bonds is 4. The van der Waals surface area contributed by atoms with Crippen molar-refractivity contribution in [2.75, 3.05) is 12.4 Å². The fourth-order valence-electron chi connectivity index (χ4n) is 4.91. The zero-order chi connectivity index (χ0) is 25.2. The Morgan fingerprint density at radius 3 is 2.50 bits per heavy atom. The number of nitrogens with zero attached hydrogens (tertiary/aromatic N) is 1. The maximum Gasteiger partial charge on any atom is 0.341 e. The van der Waals surface area contributed by atoms with Crippen molar-refractivity contribution in [3.63, 3.8) is 0 Å². The summed E-state index contributed by atoms with van der Waals surface area (Å²) in [6.07, 6.45) is 6.24. The number of pyridine rings is 1. The number of methoxy groups -OCH3 is 1. The van der Waals surface area contributed by atoms with E-state index in [2.05, 4.69) is 31.3 Å². The fourth-order valence-corrected chi connectivity index (χ4v) is 6.18. The number of hydrogen-bond donors (Lipinski definition) is 1. The summed E-state index contributed by atoms with van der Waals surface area (Å²) in [5.41, 5.74) is 6.93. The molecule has 2 aromatic carbocycles. The van der Waals surface area contributed by atoms with Gasteiger partial charge in [0.1, 0.15) is 5.00 Å². The molecule has 184 valence electrons. The van der Waals surface area contributed by atoms with Gasteiger partial charge in [0.15, 0.2) is 0 Å². The largest absolute Gasteiger partial charge is 0.465 e. The maximum absolute atomic E-state index is 13.8. The lowest BCUT2D eigenvalue weighted by molar-refractivity contribution is 0.0601. The van der Waals surface area contributed by atoms with E-state index in [1.165, 1.54) is 40.9 Å². The molecule has 4 aromatic rings. The summed E-state index contributed by atoms with van der Waals surface area (Å²) >= 11 is 1.51. The van der Waals surface area contributed by atoms with Crippen molar-refractivity contribution in [1.29, 1.82) is 0 Å². The van der Waals surface area contributed by atoms with Gasteiger partial charge in [0, 0.05) is 15.8 Å². The van der Waals surface area contributed by atoms with E-state index in [9.17, 15) is 9.59 Å². The molecule has 0 atom stereocenters.